The van der Waals surface area contributed by atoms with Gasteiger partial charge >= 0.3 is 0 Å². The zero-order chi connectivity index (χ0) is 17.9. The molecule has 1 rings (SSSR count). The minimum Gasteiger partial charge on any atom is -0.355 e. The van der Waals surface area contributed by atoms with E-state index in [2.05, 4.69) is 10.6 Å². The Kier molecular flexibility index (Phi) is 9.83. The highest BCUT2D eigenvalue weighted by Crippen LogP contribution is 2.25. The molecule has 0 unspecified atom stereocenters. The maximum Gasteiger partial charge on any atom is 0.230 e. The van der Waals surface area contributed by atoms with Crippen molar-refractivity contribution in [3.63, 3.8) is 0 Å². The van der Waals surface area contributed by atoms with Gasteiger partial charge in [-0.3, -0.25) is 14.4 Å². The van der Waals surface area contributed by atoms with Crippen LogP contribution in [0.25, 0.3) is 0 Å². The molecular formula is C16H20Cl2N2O3S. The lowest BCUT2D eigenvalue weighted by Gasteiger charge is -2.07. The Morgan fingerprint density at radius 1 is 1.04 bits per heavy atom. The molecule has 0 saturated heterocycles. The molecule has 1 aromatic rings. The van der Waals surface area contributed by atoms with Crippen LogP contribution in [0.5, 0.6) is 0 Å². The van der Waals surface area contributed by atoms with Crippen molar-refractivity contribution in [1.82, 2.24) is 5.32 Å². The van der Waals surface area contributed by atoms with Crippen molar-refractivity contribution in [1.29, 1.82) is 0 Å². The Labute approximate surface area is 155 Å². The molecule has 0 fully saturated rings. The normalized spacial score (nSPS) is 10.3. The fourth-order valence-electron chi connectivity index (χ4n) is 1.83. The third kappa shape index (κ3) is 9.15. The van der Waals surface area contributed by atoms with Crippen LogP contribution >= 0.6 is 35.0 Å². The summed E-state index contributed by atoms with van der Waals surface area (Å²) in [4.78, 5) is 33.9. The number of halogens is 2. The zero-order valence-corrected chi connectivity index (χ0v) is 15.7. The smallest absolute Gasteiger partial charge is 0.230 e. The van der Waals surface area contributed by atoms with Gasteiger partial charge in [-0.15, -0.1) is 0 Å². The summed E-state index contributed by atoms with van der Waals surface area (Å²) in [5.74, 6) is -0.0793. The van der Waals surface area contributed by atoms with Crippen LogP contribution in [0.3, 0.4) is 0 Å². The van der Waals surface area contributed by atoms with E-state index >= 15 is 0 Å². The molecule has 2 amide bonds. The highest BCUT2D eigenvalue weighted by Gasteiger charge is 2.05. The summed E-state index contributed by atoms with van der Waals surface area (Å²) in [6, 6.07) is 4.93. The summed E-state index contributed by atoms with van der Waals surface area (Å²) < 4.78 is 0. The van der Waals surface area contributed by atoms with E-state index in [1.807, 2.05) is 0 Å². The minimum absolute atomic E-state index is 0.0712. The Bertz CT molecular complexity index is 597. The fourth-order valence-corrected chi connectivity index (χ4v) is 2.57. The summed E-state index contributed by atoms with van der Waals surface area (Å²) in [5.41, 5.74) is 0.615. The first-order valence-electron chi connectivity index (χ1n) is 7.53. The molecule has 5 nitrogen and oxygen atoms in total. The average molecular weight is 391 g/mol. The number of anilines is 1. The number of nitrogens with one attached hydrogen (secondary N) is 2. The van der Waals surface area contributed by atoms with Crippen molar-refractivity contribution in [2.75, 3.05) is 17.6 Å². The largest absolute Gasteiger partial charge is 0.355 e. The van der Waals surface area contributed by atoms with Crippen LogP contribution < -0.4 is 10.6 Å². The topological polar surface area (TPSA) is 75.3 Å². The lowest BCUT2D eigenvalue weighted by atomic mass is 10.2. The average Bonchev–Trinajstić information content (AvgIpc) is 2.52. The molecular weight excluding hydrogens is 371 g/mol. The van der Waals surface area contributed by atoms with Gasteiger partial charge < -0.3 is 10.6 Å². The molecule has 0 spiro atoms. The number of unbranched alkanes of at least 4 members (excludes halogenated alkanes) is 2. The molecule has 0 aromatic heterocycles. The van der Waals surface area contributed by atoms with Gasteiger partial charge in [-0.25, -0.2) is 0 Å². The number of carbonyl (C=O) groups excluding carboxylic acids is 3. The van der Waals surface area contributed by atoms with E-state index in [4.69, 9.17) is 23.2 Å². The number of amides is 2. The highest BCUT2D eigenvalue weighted by atomic mass is 35.5. The Morgan fingerprint density at radius 2 is 1.79 bits per heavy atom. The van der Waals surface area contributed by atoms with Crippen molar-refractivity contribution < 1.29 is 14.4 Å². The first-order chi connectivity index (χ1) is 11.4. The number of hydrogen-bond acceptors (Lipinski definition) is 4. The molecule has 0 aliphatic heterocycles. The summed E-state index contributed by atoms with van der Waals surface area (Å²) in [7, 11) is 0. The number of rotatable bonds is 9. The van der Waals surface area contributed by atoms with Crippen LogP contribution in [-0.2, 0) is 14.4 Å². The lowest BCUT2D eigenvalue weighted by molar-refractivity contribution is -0.119. The summed E-state index contributed by atoms with van der Waals surface area (Å²) in [6.45, 7) is 1.98. The Morgan fingerprint density at radius 3 is 2.46 bits per heavy atom. The van der Waals surface area contributed by atoms with Gasteiger partial charge in [-0.05, 0) is 31.0 Å². The van der Waals surface area contributed by atoms with Gasteiger partial charge in [-0.2, -0.15) is 0 Å². The van der Waals surface area contributed by atoms with Gasteiger partial charge in [0.05, 0.1) is 15.8 Å². The van der Waals surface area contributed by atoms with Gasteiger partial charge in [0, 0.05) is 25.6 Å². The maximum absolute atomic E-state index is 11.8. The molecule has 0 saturated carbocycles. The van der Waals surface area contributed by atoms with Crippen molar-refractivity contribution in [3.05, 3.63) is 28.2 Å². The monoisotopic (exact) mass is 390 g/mol. The standard InChI is InChI=1S/C16H20Cl2N2O3S/c1-11(21)24-10-16(23)19-8-4-2-3-5-15(22)20-12-6-7-13(17)14(18)9-12/h6-7,9H,2-5,8,10H2,1H3,(H,19,23)(H,20,22). The molecule has 132 valence electrons. The van der Waals surface area contributed by atoms with Crippen molar-refractivity contribution >= 4 is 57.6 Å². The van der Waals surface area contributed by atoms with E-state index in [0.717, 1.165) is 31.0 Å². The van der Waals surface area contributed by atoms with E-state index in [-0.39, 0.29) is 22.7 Å². The second-order valence-electron chi connectivity index (χ2n) is 5.12. The van der Waals surface area contributed by atoms with E-state index in [1.165, 1.54) is 6.92 Å². The second kappa shape index (κ2) is 11.3. The van der Waals surface area contributed by atoms with Gasteiger partial charge in [0.2, 0.25) is 11.8 Å². The number of hydrogen-bond donors (Lipinski definition) is 2. The van der Waals surface area contributed by atoms with Crippen molar-refractivity contribution in [2.45, 2.75) is 32.6 Å². The third-order valence-corrected chi connectivity index (χ3v) is 4.56. The second-order valence-corrected chi connectivity index (χ2v) is 7.08. The molecule has 24 heavy (non-hydrogen) atoms. The van der Waals surface area contributed by atoms with Crippen molar-refractivity contribution in [2.24, 2.45) is 0 Å². The van der Waals surface area contributed by atoms with Gasteiger partial charge in [0.1, 0.15) is 0 Å². The van der Waals surface area contributed by atoms with E-state index in [0.29, 0.717) is 28.7 Å². The molecule has 2 N–H and O–H groups in total. The van der Waals surface area contributed by atoms with Crippen LogP contribution in [0, 0.1) is 0 Å². The highest BCUT2D eigenvalue weighted by molar-refractivity contribution is 8.14. The number of benzene rings is 1. The molecule has 1 aromatic carbocycles. The lowest BCUT2D eigenvalue weighted by Crippen LogP contribution is -2.26. The van der Waals surface area contributed by atoms with Gasteiger partial charge in [0.15, 0.2) is 5.12 Å². The van der Waals surface area contributed by atoms with E-state index in [9.17, 15) is 14.4 Å². The van der Waals surface area contributed by atoms with Crippen LogP contribution in [0.15, 0.2) is 18.2 Å². The zero-order valence-electron chi connectivity index (χ0n) is 13.4. The van der Waals surface area contributed by atoms with Crippen LogP contribution in [0.2, 0.25) is 10.0 Å². The maximum atomic E-state index is 11.8. The Hall–Kier alpha value is -1.24. The molecule has 0 aliphatic carbocycles. The first kappa shape index (κ1) is 20.8. The molecule has 0 heterocycles. The molecule has 0 bridgehead atoms. The van der Waals surface area contributed by atoms with Crippen LogP contribution in [0.1, 0.15) is 32.6 Å². The molecule has 0 aliphatic rings. The molecule has 0 atom stereocenters. The summed E-state index contributed by atoms with van der Waals surface area (Å²) >= 11 is 12.7. The van der Waals surface area contributed by atoms with E-state index < -0.39 is 0 Å². The van der Waals surface area contributed by atoms with Gasteiger partial charge in [-0.1, -0.05) is 41.4 Å². The SMILES string of the molecule is CC(=O)SCC(=O)NCCCCCC(=O)Nc1ccc(Cl)c(Cl)c1. The predicted molar refractivity (Wildman–Crippen MR) is 99.7 cm³/mol. The predicted octanol–water partition coefficient (Wildman–Crippen LogP) is 3.89. The fraction of sp³-hybridized carbons (Fsp3) is 0.438. The number of thioether (sulfide) groups is 1. The van der Waals surface area contributed by atoms with Crippen molar-refractivity contribution in [3.8, 4) is 0 Å². The van der Waals surface area contributed by atoms with Gasteiger partial charge in [0.25, 0.3) is 0 Å². The van der Waals surface area contributed by atoms with Crippen LogP contribution in [-0.4, -0.2) is 29.2 Å². The number of carbonyl (C=O) groups is 3. The van der Waals surface area contributed by atoms with E-state index in [1.54, 1.807) is 18.2 Å². The van der Waals surface area contributed by atoms with Crippen LogP contribution in [0.4, 0.5) is 5.69 Å². The molecule has 0 radical (unpaired) electrons. The molecule has 8 heteroatoms. The quantitative estimate of drug-likeness (QED) is 0.627. The summed E-state index contributed by atoms with van der Waals surface area (Å²) in [6.07, 6.45) is 2.74. The minimum atomic E-state index is -0.146. The first-order valence-corrected chi connectivity index (χ1v) is 9.27. The Balaban J connectivity index is 2.10. The third-order valence-electron chi connectivity index (χ3n) is 3.01. The summed E-state index contributed by atoms with van der Waals surface area (Å²) in [5, 5.41) is 6.27.